The maximum Gasteiger partial charge on any atom is 0.268 e. The first kappa shape index (κ1) is 14.3. The van der Waals surface area contributed by atoms with Gasteiger partial charge < -0.3 is 4.42 Å². The Balaban J connectivity index is 2.21. The Morgan fingerprint density at radius 3 is 2.40 bits per heavy atom. The van der Waals surface area contributed by atoms with Crippen molar-refractivity contribution < 1.29 is 18.8 Å². The topological polar surface area (TPSA) is 106 Å². The van der Waals surface area contributed by atoms with Gasteiger partial charge in [-0.05, 0) is 13.0 Å². The molecule has 2 unspecified atom stereocenters. The van der Waals surface area contributed by atoms with Crippen molar-refractivity contribution >= 4 is 17.7 Å². The van der Waals surface area contributed by atoms with Crippen molar-refractivity contribution in [2.45, 2.75) is 27.3 Å². The second-order valence-electron chi connectivity index (χ2n) is 5.00. The van der Waals surface area contributed by atoms with E-state index in [1.165, 1.54) is 6.07 Å². The number of imide groups is 1. The number of aryl methyl sites for hydroxylation is 1. The van der Waals surface area contributed by atoms with Crippen LogP contribution in [-0.2, 0) is 16.1 Å². The number of rotatable bonds is 3. The summed E-state index contributed by atoms with van der Waals surface area (Å²) >= 11 is 0. The van der Waals surface area contributed by atoms with E-state index in [1.54, 1.807) is 20.8 Å². The molecular formula is C13H17N3O4. The smallest absolute Gasteiger partial charge is 0.268 e. The molecular weight excluding hydrogens is 262 g/mol. The molecule has 3 amide bonds. The summed E-state index contributed by atoms with van der Waals surface area (Å²) in [5.74, 6) is 4.26. The number of carbonyl (C=O) groups excluding carboxylic acids is 3. The Labute approximate surface area is 116 Å². The van der Waals surface area contributed by atoms with E-state index in [2.05, 4.69) is 0 Å². The first-order chi connectivity index (χ1) is 9.36. The van der Waals surface area contributed by atoms with Crippen LogP contribution in [-0.4, -0.2) is 22.6 Å². The van der Waals surface area contributed by atoms with E-state index < -0.39 is 5.91 Å². The van der Waals surface area contributed by atoms with Crippen molar-refractivity contribution in [1.29, 1.82) is 0 Å². The summed E-state index contributed by atoms with van der Waals surface area (Å²) in [6.45, 7) is 5.11. The summed E-state index contributed by atoms with van der Waals surface area (Å²) in [4.78, 5) is 36.6. The maximum atomic E-state index is 12.0. The highest BCUT2D eigenvalue weighted by molar-refractivity contribution is 6.04. The maximum absolute atomic E-state index is 12.0. The van der Waals surface area contributed by atoms with Crippen molar-refractivity contribution in [1.82, 2.24) is 10.3 Å². The fraction of sp³-hybridized carbons (Fsp3) is 0.462. The highest BCUT2D eigenvalue weighted by atomic mass is 16.3. The average molecular weight is 279 g/mol. The highest BCUT2D eigenvalue weighted by Crippen LogP contribution is 2.27. The molecule has 2 rings (SSSR count). The number of hydrazine groups is 1. The lowest BCUT2D eigenvalue weighted by molar-refractivity contribution is -0.140. The molecule has 1 saturated heterocycles. The monoisotopic (exact) mass is 279 g/mol. The minimum atomic E-state index is -0.474. The molecule has 0 aromatic carbocycles. The van der Waals surface area contributed by atoms with Crippen molar-refractivity contribution in [3.8, 4) is 0 Å². The van der Waals surface area contributed by atoms with Gasteiger partial charge in [0.1, 0.15) is 11.5 Å². The fourth-order valence-electron chi connectivity index (χ4n) is 2.26. The van der Waals surface area contributed by atoms with Gasteiger partial charge in [0.15, 0.2) is 0 Å². The number of nitrogens with two attached hydrogens (primary N) is 1. The van der Waals surface area contributed by atoms with Crippen LogP contribution in [0, 0.1) is 18.8 Å². The second kappa shape index (κ2) is 5.09. The van der Waals surface area contributed by atoms with Crippen LogP contribution in [0.1, 0.15) is 35.7 Å². The molecule has 108 valence electrons. The zero-order valence-corrected chi connectivity index (χ0v) is 11.6. The normalized spacial score (nSPS) is 22.5. The van der Waals surface area contributed by atoms with Gasteiger partial charge in [-0.3, -0.25) is 24.7 Å². The number of furan rings is 1. The number of hydrogen-bond acceptors (Lipinski definition) is 5. The molecule has 2 atom stereocenters. The van der Waals surface area contributed by atoms with E-state index in [1.807, 2.05) is 5.43 Å². The first-order valence-corrected chi connectivity index (χ1v) is 6.32. The van der Waals surface area contributed by atoms with E-state index >= 15 is 0 Å². The molecule has 7 nitrogen and oxygen atoms in total. The van der Waals surface area contributed by atoms with Gasteiger partial charge in [-0.25, -0.2) is 5.84 Å². The molecule has 1 aromatic heterocycles. The van der Waals surface area contributed by atoms with Crippen molar-refractivity contribution in [3.63, 3.8) is 0 Å². The van der Waals surface area contributed by atoms with E-state index in [4.69, 9.17) is 10.3 Å². The Bertz CT molecular complexity index is 558. The molecule has 1 fully saturated rings. The third-order valence-electron chi connectivity index (χ3n) is 3.72. The molecule has 3 N–H and O–H groups in total. The predicted molar refractivity (Wildman–Crippen MR) is 69.0 cm³/mol. The van der Waals surface area contributed by atoms with E-state index in [0.29, 0.717) is 17.1 Å². The van der Waals surface area contributed by atoms with Gasteiger partial charge in [-0.2, -0.15) is 0 Å². The van der Waals surface area contributed by atoms with Crippen LogP contribution in [0.15, 0.2) is 10.5 Å². The largest absolute Gasteiger partial charge is 0.464 e. The van der Waals surface area contributed by atoms with Gasteiger partial charge >= 0.3 is 0 Å². The van der Waals surface area contributed by atoms with Crippen molar-refractivity contribution in [2.24, 2.45) is 17.7 Å². The lowest BCUT2D eigenvalue weighted by Crippen LogP contribution is -2.30. The zero-order valence-electron chi connectivity index (χ0n) is 11.6. The average Bonchev–Trinajstić information content (AvgIpc) is 2.88. The quantitative estimate of drug-likeness (QED) is 0.359. The van der Waals surface area contributed by atoms with E-state index in [0.717, 1.165) is 4.90 Å². The number of amides is 3. The van der Waals surface area contributed by atoms with E-state index in [-0.39, 0.29) is 30.2 Å². The van der Waals surface area contributed by atoms with Crippen LogP contribution in [0.3, 0.4) is 0 Å². The summed E-state index contributed by atoms with van der Waals surface area (Å²) in [5, 5.41) is 0. The number of likely N-dealkylation sites (tertiary alicyclic amines) is 1. The van der Waals surface area contributed by atoms with Gasteiger partial charge in [0.05, 0.1) is 12.1 Å². The standard InChI is InChI=1S/C13H17N3O4/c1-6-7(2)13(19)16(12(6)18)5-9-4-10(8(3)20-9)11(17)15-14/h4,6-7H,5,14H2,1-3H3,(H,15,17). The zero-order chi connectivity index (χ0) is 15.0. The molecule has 0 bridgehead atoms. The van der Waals surface area contributed by atoms with E-state index in [9.17, 15) is 14.4 Å². The van der Waals surface area contributed by atoms with Crippen LogP contribution in [0.4, 0.5) is 0 Å². The van der Waals surface area contributed by atoms with Gasteiger partial charge in [-0.15, -0.1) is 0 Å². The Morgan fingerprint density at radius 2 is 1.90 bits per heavy atom. The van der Waals surface area contributed by atoms with Gasteiger partial charge in [-0.1, -0.05) is 13.8 Å². The SMILES string of the molecule is Cc1oc(CN2C(=O)C(C)C(C)C2=O)cc1C(=O)NN. The Kier molecular flexibility index (Phi) is 3.63. The lowest BCUT2D eigenvalue weighted by Gasteiger charge is -2.12. The number of nitrogen functional groups attached to an aromatic ring is 1. The van der Waals surface area contributed by atoms with Crippen LogP contribution in [0.5, 0.6) is 0 Å². The number of nitrogens with one attached hydrogen (secondary N) is 1. The summed E-state index contributed by atoms with van der Waals surface area (Å²) < 4.78 is 5.40. The highest BCUT2D eigenvalue weighted by Gasteiger charge is 2.42. The summed E-state index contributed by atoms with van der Waals surface area (Å²) in [6.07, 6.45) is 0. The molecule has 1 aliphatic heterocycles. The van der Waals surface area contributed by atoms with Crippen LogP contribution >= 0.6 is 0 Å². The Hall–Kier alpha value is -2.15. The van der Waals surface area contributed by atoms with Gasteiger partial charge in [0, 0.05) is 11.8 Å². The second-order valence-corrected chi connectivity index (χ2v) is 5.00. The minimum absolute atomic E-state index is 0.0328. The molecule has 0 spiro atoms. The molecule has 0 radical (unpaired) electrons. The number of nitrogens with zero attached hydrogens (tertiary/aromatic N) is 1. The molecule has 7 heteroatoms. The summed E-state index contributed by atoms with van der Waals surface area (Å²) in [7, 11) is 0. The molecule has 1 aromatic rings. The third-order valence-corrected chi connectivity index (χ3v) is 3.72. The van der Waals surface area contributed by atoms with Crippen LogP contribution in [0.2, 0.25) is 0 Å². The first-order valence-electron chi connectivity index (χ1n) is 6.32. The lowest BCUT2D eigenvalue weighted by atomic mass is 10.00. The predicted octanol–water partition coefficient (Wildman–Crippen LogP) is 0.333. The summed E-state index contributed by atoms with van der Waals surface area (Å²) in [6, 6.07) is 1.49. The molecule has 20 heavy (non-hydrogen) atoms. The van der Waals surface area contributed by atoms with Crippen molar-refractivity contribution in [2.75, 3.05) is 0 Å². The third kappa shape index (κ3) is 2.20. The fourth-order valence-corrected chi connectivity index (χ4v) is 2.26. The number of carbonyl (C=O) groups is 3. The van der Waals surface area contributed by atoms with Crippen molar-refractivity contribution in [3.05, 3.63) is 23.2 Å². The molecule has 0 aliphatic carbocycles. The molecule has 2 heterocycles. The molecule has 1 aliphatic rings. The van der Waals surface area contributed by atoms with Crippen LogP contribution in [0.25, 0.3) is 0 Å². The minimum Gasteiger partial charge on any atom is -0.464 e. The number of hydrogen-bond donors (Lipinski definition) is 2. The van der Waals surface area contributed by atoms with Crippen LogP contribution < -0.4 is 11.3 Å². The Morgan fingerprint density at radius 1 is 1.35 bits per heavy atom. The molecule has 0 saturated carbocycles. The van der Waals surface area contributed by atoms with Gasteiger partial charge in [0.25, 0.3) is 5.91 Å². The van der Waals surface area contributed by atoms with Gasteiger partial charge in [0.2, 0.25) is 11.8 Å². The summed E-state index contributed by atoms with van der Waals surface area (Å²) in [5.41, 5.74) is 2.31.